The number of fused-ring (bicyclic) bond motifs is 1. The van der Waals surface area contributed by atoms with Crippen LogP contribution in [0.25, 0.3) is 0 Å². The van der Waals surface area contributed by atoms with Crippen LogP contribution in [0, 0.1) is 11.7 Å². The Bertz CT molecular complexity index is 431. The molecule has 0 fully saturated rings. The molecule has 0 amide bonds. The Labute approximate surface area is 108 Å². The van der Waals surface area contributed by atoms with Gasteiger partial charge < -0.3 is 9.84 Å². The maximum absolute atomic E-state index is 13.1. The number of hydrogen-bond acceptors (Lipinski definition) is 2. The smallest absolute Gasteiger partial charge is 0.126 e. The van der Waals surface area contributed by atoms with E-state index >= 15 is 0 Å². The second-order valence-corrected chi connectivity index (χ2v) is 5.89. The molecule has 2 nitrogen and oxygen atoms in total. The number of rotatable bonds is 3. The Morgan fingerprint density at radius 3 is 2.89 bits per heavy atom. The van der Waals surface area contributed by atoms with Crippen molar-refractivity contribution < 1.29 is 14.2 Å². The molecule has 18 heavy (non-hydrogen) atoms. The summed E-state index contributed by atoms with van der Waals surface area (Å²) in [5.41, 5.74) is 0.214. The number of hydrogen-bond donors (Lipinski definition) is 1. The van der Waals surface area contributed by atoms with E-state index in [0.717, 1.165) is 12.8 Å². The summed E-state index contributed by atoms with van der Waals surface area (Å²) in [6.45, 7) is 6.36. The van der Waals surface area contributed by atoms with Gasteiger partial charge in [-0.15, -0.1) is 0 Å². The molecule has 1 aliphatic heterocycles. The first-order valence-electron chi connectivity index (χ1n) is 6.56. The van der Waals surface area contributed by atoms with Gasteiger partial charge in [0.25, 0.3) is 0 Å². The van der Waals surface area contributed by atoms with Crippen LogP contribution in [0.4, 0.5) is 4.39 Å². The van der Waals surface area contributed by atoms with Crippen LogP contribution < -0.4 is 4.74 Å². The fourth-order valence-corrected chi connectivity index (χ4v) is 2.45. The summed E-state index contributed by atoms with van der Waals surface area (Å²) in [6.07, 6.45) is 1.84. The lowest BCUT2D eigenvalue weighted by molar-refractivity contribution is -0.0103. The fourth-order valence-electron chi connectivity index (χ4n) is 2.45. The lowest BCUT2D eigenvalue weighted by atomic mass is 9.85. The Kier molecular flexibility index (Phi) is 3.62. The highest BCUT2D eigenvalue weighted by atomic mass is 19.1. The molecule has 0 saturated heterocycles. The van der Waals surface area contributed by atoms with Gasteiger partial charge in [-0.3, -0.25) is 0 Å². The average Bonchev–Trinajstić information content (AvgIpc) is 2.28. The molecule has 100 valence electrons. The molecule has 0 spiro atoms. The first kappa shape index (κ1) is 13.3. The van der Waals surface area contributed by atoms with Gasteiger partial charge in [0.15, 0.2) is 0 Å². The molecule has 0 bridgehead atoms. The van der Waals surface area contributed by atoms with E-state index in [4.69, 9.17) is 4.74 Å². The van der Waals surface area contributed by atoms with E-state index in [1.165, 1.54) is 12.1 Å². The molecule has 0 radical (unpaired) electrons. The third-order valence-electron chi connectivity index (χ3n) is 3.56. The molecule has 1 heterocycles. The molecule has 1 aromatic rings. The van der Waals surface area contributed by atoms with E-state index < -0.39 is 6.10 Å². The second-order valence-electron chi connectivity index (χ2n) is 5.89. The zero-order chi connectivity index (χ0) is 13.3. The highest BCUT2D eigenvalue weighted by Crippen LogP contribution is 2.42. The summed E-state index contributed by atoms with van der Waals surface area (Å²) in [5.74, 6) is 0.890. The van der Waals surface area contributed by atoms with Crippen LogP contribution in [-0.2, 0) is 0 Å². The molecular formula is C15H21FO2. The first-order valence-corrected chi connectivity index (χ1v) is 6.56. The maximum Gasteiger partial charge on any atom is 0.126 e. The molecule has 1 aromatic carbocycles. The summed E-state index contributed by atoms with van der Waals surface area (Å²) in [4.78, 5) is 0. The van der Waals surface area contributed by atoms with Gasteiger partial charge in [0.2, 0.25) is 0 Å². The van der Waals surface area contributed by atoms with Gasteiger partial charge in [-0.05, 0) is 43.9 Å². The van der Waals surface area contributed by atoms with Crippen LogP contribution >= 0.6 is 0 Å². The third-order valence-corrected chi connectivity index (χ3v) is 3.56. The van der Waals surface area contributed by atoms with Crippen molar-refractivity contribution in [2.45, 2.75) is 51.7 Å². The fraction of sp³-hybridized carbons (Fsp3) is 0.600. The van der Waals surface area contributed by atoms with E-state index in [1.807, 2.05) is 6.92 Å². The lowest BCUT2D eigenvalue weighted by Gasteiger charge is -2.38. The number of ether oxygens (including phenoxy) is 1. The van der Waals surface area contributed by atoms with Crippen molar-refractivity contribution in [2.75, 3.05) is 0 Å². The SMILES string of the molecule is CC(C)CCC1(C)CC(O)c2cc(F)ccc2O1. The minimum Gasteiger partial charge on any atom is -0.487 e. The summed E-state index contributed by atoms with van der Waals surface area (Å²) in [6, 6.07) is 4.35. The average molecular weight is 252 g/mol. The molecule has 2 rings (SSSR count). The minimum absolute atomic E-state index is 0.331. The first-order chi connectivity index (χ1) is 8.39. The van der Waals surface area contributed by atoms with Crippen molar-refractivity contribution in [2.24, 2.45) is 5.92 Å². The van der Waals surface area contributed by atoms with Crippen molar-refractivity contribution in [1.29, 1.82) is 0 Å². The highest BCUT2D eigenvalue weighted by molar-refractivity contribution is 5.38. The summed E-state index contributed by atoms with van der Waals surface area (Å²) >= 11 is 0. The highest BCUT2D eigenvalue weighted by Gasteiger charge is 2.36. The van der Waals surface area contributed by atoms with Crippen molar-refractivity contribution in [3.8, 4) is 5.75 Å². The monoisotopic (exact) mass is 252 g/mol. The topological polar surface area (TPSA) is 29.5 Å². The number of aliphatic hydroxyl groups excluding tert-OH is 1. The van der Waals surface area contributed by atoms with Gasteiger partial charge in [-0.25, -0.2) is 4.39 Å². The van der Waals surface area contributed by atoms with Crippen molar-refractivity contribution >= 4 is 0 Å². The third kappa shape index (κ3) is 2.83. The van der Waals surface area contributed by atoms with Crippen LogP contribution in [0.1, 0.15) is 51.7 Å². The number of halogens is 1. The van der Waals surface area contributed by atoms with E-state index in [-0.39, 0.29) is 11.4 Å². The molecule has 0 saturated carbocycles. The van der Waals surface area contributed by atoms with Crippen molar-refractivity contribution in [1.82, 2.24) is 0 Å². The van der Waals surface area contributed by atoms with Crippen LogP contribution in [0.3, 0.4) is 0 Å². The van der Waals surface area contributed by atoms with E-state index in [2.05, 4.69) is 13.8 Å². The van der Waals surface area contributed by atoms with Gasteiger partial charge in [0.1, 0.15) is 17.2 Å². The zero-order valence-electron chi connectivity index (χ0n) is 11.2. The normalized spacial score (nSPS) is 26.9. The quantitative estimate of drug-likeness (QED) is 0.885. The lowest BCUT2D eigenvalue weighted by Crippen LogP contribution is -2.38. The van der Waals surface area contributed by atoms with Gasteiger partial charge in [0.05, 0.1) is 6.10 Å². The van der Waals surface area contributed by atoms with Gasteiger partial charge >= 0.3 is 0 Å². The predicted molar refractivity (Wildman–Crippen MR) is 69.1 cm³/mol. The molecule has 3 heteroatoms. The van der Waals surface area contributed by atoms with Crippen LogP contribution in [0.2, 0.25) is 0 Å². The maximum atomic E-state index is 13.1. The Hall–Kier alpha value is -1.09. The molecule has 2 atom stereocenters. The molecule has 1 N–H and O–H groups in total. The zero-order valence-corrected chi connectivity index (χ0v) is 11.2. The van der Waals surface area contributed by atoms with Crippen molar-refractivity contribution in [3.05, 3.63) is 29.6 Å². The summed E-state index contributed by atoms with van der Waals surface area (Å²) < 4.78 is 19.1. The van der Waals surface area contributed by atoms with Crippen molar-refractivity contribution in [3.63, 3.8) is 0 Å². The molecular weight excluding hydrogens is 231 g/mol. The van der Waals surface area contributed by atoms with E-state index in [0.29, 0.717) is 23.7 Å². The van der Waals surface area contributed by atoms with Crippen LogP contribution in [0.5, 0.6) is 5.75 Å². The van der Waals surface area contributed by atoms with Crippen LogP contribution in [-0.4, -0.2) is 10.7 Å². The van der Waals surface area contributed by atoms with E-state index in [9.17, 15) is 9.50 Å². The number of benzene rings is 1. The van der Waals surface area contributed by atoms with Gasteiger partial charge in [0, 0.05) is 12.0 Å². The Morgan fingerprint density at radius 1 is 1.50 bits per heavy atom. The van der Waals surface area contributed by atoms with Crippen LogP contribution in [0.15, 0.2) is 18.2 Å². The molecule has 0 aromatic heterocycles. The second kappa shape index (κ2) is 4.88. The number of aliphatic hydroxyl groups is 1. The standard InChI is InChI=1S/C15H21FO2/c1-10(2)6-7-15(3)9-13(17)12-8-11(16)4-5-14(12)18-15/h4-5,8,10,13,17H,6-7,9H2,1-3H3. The van der Waals surface area contributed by atoms with Gasteiger partial charge in [-0.2, -0.15) is 0 Å². The molecule has 1 aliphatic rings. The molecule has 0 aliphatic carbocycles. The Morgan fingerprint density at radius 2 is 2.22 bits per heavy atom. The summed E-state index contributed by atoms with van der Waals surface area (Å²) in [5, 5.41) is 10.1. The Balaban J connectivity index is 2.19. The predicted octanol–water partition coefficient (Wildman–Crippen LogP) is 3.84. The van der Waals surface area contributed by atoms with Gasteiger partial charge in [-0.1, -0.05) is 13.8 Å². The molecule has 2 unspecified atom stereocenters. The summed E-state index contributed by atoms with van der Waals surface area (Å²) in [7, 11) is 0. The largest absolute Gasteiger partial charge is 0.487 e. The minimum atomic E-state index is -0.637. The van der Waals surface area contributed by atoms with E-state index in [1.54, 1.807) is 6.07 Å².